The second kappa shape index (κ2) is 41.4. The van der Waals surface area contributed by atoms with Crippen LogP contribution in [0, 0.1) is 54.3 Å². The zero-order chi connectivity index (χ0) is 86.3. The molecule has 0 aromatic heterocycles. The number of esters is 2. The predicted octanol–water partition coefficient (Wildman–Crippen LogP) is 11.5. The minimum Gasteiger partial charge on any atom is -0.493 e. The summed E-state index contributed by atoms with van der Waals surface area (Å²) in [5.74, 6) is -5.04. The largest absolute Gasteiger partial charge is 0.534 e. The summed E-state index contributed by atoms with van der Waals surface area (Å²) >= 11 is 0. The summed E-state index contributed by atoms with van der Waals surface area (Å²) in [6.07, 6.45) is 9.46. The summed E-state index contributed by atoms with van der Waals surface area (Å²) in [5.41, 5.74) is -4.26. The molecule has 4 aromatic rings. The highest BCUT2D eigenvalue weighted by molar-refractivity contribution is 7.87. The van der Waals surface area contributed by atoms with Gasteiger partial charge in [-0.1, -0.05) is 29.9 Å². The number of hydrogen-bond donors (Lipinski definition) is 0. The van der Waals surface area contributed by atoms with E-state index in [1.807, 2.05) is 27.7 Å². The third-order valence-electron chi connectivity index (χ3n) is 17.7. The van der Waals surface area contributed by atoms with Crippen LogP contribution in [0.4, 0.5) is 35.9 Å². The van der Waals surface area contributed by atoms with Crippen LogP contribution in [-0.4, -0.2) is 180 Å². The molecule has 0 saturated heterocycles. The van der Waals surface area contributed by atoms with Crippen molar-refractivity contribution in [2.45, 2.75) is 142 Å². The van der Waals surface area contributed by atoms with Gasteiger partial charge in [0.15, 0.2) is 23.0 Å². The second-order valence-electron chi connectivity index (χ2n) is 25.9. The molecule has 4 aromatic carbocycles. The lowest BCUT2D eigenvalue weighted by molar-refractivity contribution is -0.385. The normalized spacial score (nSPS) is 15.9. The molecule has 41 heteroatoms. The lowest BCUT2D eigenvalue weighted by atomic mass is 10.0. The number of hydrogen-bond acceptors (Lipinski definition) is 29. The predicted molar refractivity (Wildman–Crippen MR) is 392 cm³/mol. The van der Waals surface area contributed by atoms with Crippen molar-refractivity contribution in [1.29, 1.82) is 0 Å². The smallest absolute Gasteiger partial charge is 0.493 e. The Morgan fingerprint density at radius 1 is 0.470 bits per heavy atom. The highest BCUT2D eigenvalue weighted by Crippen LogP contribution is 2.42. The van der Waals surface area contributed by atoms with Gasteiger partial charge in [-0.05, 0) is 134 Å². The van der Waals surface area contributed by atoms with E-state index in [0.717, 1.165) is 46.9 Å². The molecule has 4 amide bonds. The maximum Gasteiger partial charge on any atom is 0.534 e. The average molecular weight is 1640 g/mol. The molecule has 0 fully saturated rings. The van der Waals surface area contributed by atoms with Crippen LogP contribution >= 0.6 is 0 Å². The molecule has 0 aliphatic carbocycles. The molecule has 618 valence electrons. The van der Waals surface area contributed by atoms with Crippen molar-refractivity contribution in [2.75, 3.05) is 54.9 Å². The van der Waals surface area contributed by atoms with E-state index >= 15 is 0 Å². The molecule has 0 N–H and O–H groups in total. The Hall–Kier alpha value is -13.2. The second-order valence-corrected chi connectivity index (χ2v) is 27.4. The number of carbonyl (C=O) groups is 6. The fourth-order valence-corrected chi connectivity index (χ4v) is 12.5. The number of alkyl halides is 3. The number of amides is 4. The lowest BCUT2D eigenvalue weighted by Gasteiger charge is -2.22. The van der Waals surface area contributed by atoms with Crippen LogP contribution in [-0.2, 0) is 52.5 Å². The highest BCUT2D eigenvalue weighted by Gasteiger charge is 2.51. The third-order valence-corrected chi connectivity index (χ3v) is 18.7. The van der Waals surface area contributed by atoms with Crippen LogP contribution in [0.5, 0.6) is 34.5 Å². The van der Waals surface area contributed by atoms with Crippen LogP contribution in [0.15, 0.2) is 120 Å². The molecule has 4 aliphatic heterocycles. The molecule has 8 rings (SSSR count). The number of ether oxygens (including phenoxy) is 8. The SMILES string of the molecule is C=C(C)C1=CN(C(=O)c2cc(OC)c(OCCCCCOc3cc([N+](=O)[O-])c(C(=O)N4C=C(C(=C)C)CC4C(=O)OC)cc3C)cc2[N+](=O)[O-])C(C)C1.COC(=O)C1CC(OS(=O)(=O)C(F)(F)F)=CN1C(=O)c1cc(C)c(OCCCCCOc2cc([N+](=O)[O-])c(C(=O)N3C=C(C)CC3C)cc2OC)cc1[N+](=O)[O-].O=C=O.O=C=O. The van der Waals surface area contributed by atoms with Crippen LogP contribution in [0.25, 0.3) is 0 Å². The molecule has 4 heterocycles. The highest BCUT2D eigenvalue weighted by atomic mass is 32.2. The summed E-state index contributed by atoms with van der Waals surface area (Å²) in [4.78, 5) is 161. The summed E-state index contributed by atoms with van der Waals surface area (Å²) < 4.78 is 109. The van der Waals surface area contributed by atoms with Gasteiger partial charge in [0, 0.05) is 61.9 Å². The van der Waals surface area contributed by atoms with Gasteiger partial charge in [-0.25, -0.2) is 9.59 Å². The number of methoxy groups -OCH3 is 4. The molecular formula is C74H81F3N8O29S. The van der Waals surface area contributed by atoms with Crippen molar-refractivity contribution in [1.82, 2.24) is 19.6 Å². The lowest BCUT2D eigenvalue weighted by Crippen LogP contribution is -2.39. The van der Waals surface area contributed by atoms with Crippen molar-refractivity contribution in [3.63, 3.8) is 0 Å². The summed E-state index contributed by atoms with van der Waals surface area (Å²) in [6, 6.07) is 6.49. The number of unbranched alkanes of at least 4 members (excludes halogenated alkanes) is 4. The number of rotatable bonds is 32. The van der Waals surface area contributed by atoms with Crippen LogP contribution < -0.4 is 28.4 Å². The molecule has 115 heavy (non-hydrogen) atoms. The number of nitrogens with zero attached hydrogens (tertiary/aromatic N) is 8. The van der Waals surface area contributed by atoms with Crippen molar-refractivity contribution in [2.24, 2.45) is 0 Å². The number of nitro benzene ring substituents is 4. The first kappa shape index (κ1) is 92.4. The van der Waals surface area contributed by atoms with E-state index in [-0.39, 0.29) is 114 Å². The van der Waals surface area contributed by atoms with E-state index < -0.39 is 123 Å². The van der Waals surface area contributed by atoms with E-state index in [1.165, 1.54) is 74.6 Å². The molecule has 0 bridgehead atoms. The number of nitro groups is 4. The van der Waals surface area contributed by atoms with Crippen molar-refractivity contribution in [3.8, 4) is 34.5 Å². The Labute approximate surface area is 654 Å². The maximum absolute atomic E-state index is 13.6. The molecule has 0 radical (unpaired) electrons. The van der Waals surface area contributed by atoms with E-state index in [4.69, 9.17) is 52.3 Å². The van der Waals surface area contributed by atoms with Gasteiger partial charge < -0.3 is 51.9 Å². The van der Waals surface area contributed by atoms with Crippen molar-refractivity contribution < 1.29 is 131 Å². The van der Waals surface area contributed by atoms with Gasteiger partial charge in [0.1, 0.15) is 51.6 Å². The molecular weight excluding hydrogens is 1550 g/mol. The summed E-state index contributed by atoms with van der Waals surface area (Å²) in [7, 11) is -1.33. The molecule has 4 atom stereocenters. The molecule has 37 nitrogen and oxygen atoms in total. The van der Waals surface area contributed by atoms with Gasteiger partial charge in [0.05, 0.1) is 98.8 Å². The van der Waals surface area contributed by atoms with E-state index in [1.54, 1.807) is 26.2 Å². The molecule has 4 aliphatic rings. The Morgan fingerprint density at radius 2 is 0.783 bits per heavy atom. The Bertz CT molecular complexity index is 4780. The summed E-state index contributed by atoms with van der Waals surface area (Å²) in [6.45, 7) is 20.6. The monoisotopic (exact) mass is 1630 g/mol. The fourth-order valence-electron chi connectivity index (χ4n) is 12.0. The minimum atomic E-state index is -6.16. The first-order valence-corrected chi connectivity index (χ1v) is 35.9. The van der Waals surface area contributed by atoms with Gasteiger partial charge in [-0.2, -0.15) is 40.8 Å². The zero-order valence-corrected chi connectivity index (χ0v) is 64.8. The standard InChI is InChI=1S/C38H44N4O11.C34H37F3N4O14S.2CO2/c1-22(2)26-15-25(6)39(20-26)36(43)29-17-34(50-7)35(19-31(29)42(48)49)53-13-11-9-10-12-52-33-18-30(41(46)47)28(14-24(33)5)37(44)40-21-27(23(3)4)16-32(40)38(45)51-8;1-19-11-21(3)38(17-19)31(42)24-14-29(51-4)30(16-26(24)41(47)48)54-10-8-6-7-9-53-28-15-25(40(45)46)23(12-20(28)2)32(43)39-18-22(13-27(39)33(44)52-5)55-56(49,50)34(35,36)37;2*2-1-3/h14,17-21,25,32H,1,3,9-13,15-16H2,2,4-8H3;12,14-18,21,27H,6-11,13H2,1-5H3;;. The minimum absolute atomic E-state index is 0.0203. The van der Waals surface area contributed by atoms with Gasteiger partial charge in [-0.15, -0.1) is 0 Å². The van der Waals surface area contributed by atoms with Crippen LogP contribution in [0.3, 0.4) is 0 Å². The fraction of sp³-hybridized carbons (Fsp3) is 0.405. The summed E-state index contributed by atoms with van der Waals surface area (Å²) in [5, 5.41) is 48.0. The molecule has 0 saturated carbocycles. The van der Waals surface area contributed by atoms with Gasteiger partial charge in [0.2, 0.25) is 0 Å². The number of carbonyl (C=O) groups excluding carboxylic acids is 10. The van der Waals surface area contributed by atoms with Gasteiger partial charge >= 0.3 is 39.9 Å². The Balaban J connectivity index is 0.000000385. The van der Waals surface area contributed by atoms with Gasteiger partial charge in [0.25, 0.3) is 46.4 Å². The Morgan fingerprint density at radius 3 is 1.11 bits per heavy atom. The maximum atomic E-state index is 13.6. The average Bonchev–Trinajstić information content (AvgIpc) is 1.72. The topological polar surface area (TPSA) is 473 Å². The van der Waals surface area contributed by atoms with E-state index in [0.29, 0.717) is 79.2 Å². The zero-order valence-electron chi connectivity index (χ0n) is 64.0. The number of allylic oxidation sites excluding steroid dienone is 2. The third kappa shape index (κ3) is 23.5. The van der Waals surface area contributed by atoms with E-state index in [9.17, 15) is 90.8 Å². The first-order chi connectivity index (χ1) is 54.1. The first-order valence-electron chi connectivity index (χ1n) is 34.5. The van der Waals surface area contributed by atoms with Crippen LogP contribution in [0.2, 0.25) is 0 Å². The van der Waals surface area contributed by atoms with E-state index in [2.05, 4.69) is 22.1 Å². The number of halogens is 3. The number of benzene rings is 4. The van der Waals surface area contributed by atoms with Crippen molar-refractivity contribution >= 4 is 80.7 Å². The quantitative estimate of drug-likeness (QED) is 0.0109. The Kier molecular flexibility index (Phi) is 33.3. The van der Waals surface area contributed by atoms with Gasteiger partial charge in [-0.3, -0.25) is 69.4 Å². The van der Waals surface area contributed by atoms with Crippen LogP contribution in [0.1, 0.15) is 151 Å². The van der Waals surface area contributed by atoms with Crippen molar-refractivity contribution in [3.05, 3.63) is 194 Å². The molecule has 0 spiro atoms. The number of aryl methyl sites for hydroxylation is 2. The molecule has 4 unspecified atom stereocenters.